The zero-order valence-electron chi connectivity index (χ0n) is 41.1. The highest BCUT2D eigenvalue weighted by Crippen LogP contribution is 2.15. The number of allylic oxidation sites excluding steroid dienone is 10. The quantitative estimate of drug-likeness (QED) is 0.0375. The van der Waals surface area contributed by atoms with Gasteiger partial charge in [0, 0.05) is 12.8 Å². The molecule has 0 bridgehead atoms. The van der Waals surface area contributed by atoms with E-state index < -0.39 is 6.10 Å². The first-order valence-electron chi connectivity index (χ1n) is 26.8. The molecule has 1 atom stereocenters. The van der Waals surface area contributed by atoms with Crippen LogP contribution in [0.5, 0.6) is 0 Å². The van der Waals surface area contributed by atoms with Crippen molar-refractivity contribution in [3.8, 4) is 0 Å². The number of carbonyl (C=O) groups excluding carboxylic acids is 2. The standard InChI is InChI=1S/C57H102O5/c1-3-5-7-9-11-13-15-17-19-21-23-25-27-28-30-31-33-35-37-39-41-43-45-47-49-51-56(59)61-54-55(53-58)62-57(60)52-50-48-46-44-42-40-38-36-34-32-29-26-24-22-20-18-16-14-12-10-8-6-4-2/h15-18,21-24,29,32,55,58H,3-14,19-20,25-28,30-31,33-54H2,1-2H3/b17-15-,18-16-,23-21-,24-22-,32-29-. The molecule has 0 aliphatic carbocycles. The van der Waals surface area contributed by atoms with E-state index >= 15 is 0 Å². The van der Waals surface area contributed by atoms with Crippen LogP contribution in [-0.2, 0) is 19.1 Å². The van der Waals surface area contributed by atoms with Crippen molar-refractivity contribution < 1.29 is 24.2 Å². The zero-order valence-corrected chi connectivity index (χ0v) is 41.1. The Morgan fingerprint density at radius 3 is 0.968 bits per heavy atom. The van der Waals surface area contributed by atoms with Gasteiger partial charge in [-0.2, -0.15) is 0 Å². The maximum absolute atomic E-state index is 12.3. The van der Waals surface area contributed by atoms with E-state index in [0.717, 1.165) is 57.8 Å². The van der Waals surface area contributed by atoms with Crippen LogP contribution in [0.15, 0.2) is 60.8 Å². The van der Waals surface area contributed by atoms with Gasteiger partial charge in [-0.05, 0) is 83.5 Å². The van der Waals surface area contributed by atoms with Crippen molar-refractivity contribution in [3.05, 3.63) is 60.8 Å². The second-order valence-corrected chi connectivity index (χ2v) is 17.9. The Balaban J connectivity index is 3.51. The lowest BCUT2D eigenvalue weighted by Crippen LogP contribution is -2.28. The number of ether oxygens (including phenoxy) is 2. The van der Waals surface area contributed by atoms with Crippen molar-refractivity contribution in [1.29, 1.82) is 0 Å². The molecule has 0 rings (SSSR count). The Kier molecular flexibility index (Phi) is 50.9. The number of aliphatic hydroxyl groups is 1. The first-order valence-corrected chi connectivity index (χ1v) is 26.8. The molecule has 0 radical (unpaired) electrons. The number of unbranched alkanes of at least 4 members (excludes halogenated alkanes) is 31. The van der Waals surface area contributed by atoms with Crippen LogP contribution in [-0.4, -0.2) is 36.4 Å². The summed E-state index contributed by atoms with van der Waals surface area (Å²) in [6.07, 6.45) is 70.3. The van der Waals surface area contributed by atoms with Crippen molar-refractivity contribution in [1.82, 2.24) is 0 Å². The zero-order chi connectivity index (χ0) is 44.9. The van der Waals surface area contributed by atoms with Gasteiger partial charge in [-0.1, -0.05) is 235 Å². The number of carbonyl (C=O) groups is 2. The van der Waals surface area contributed by atoms with Gasteiger partial charge in [0.05, 0.1) is 6.61 Å². The lowest BCUT2D eigenvalue weighted by molar-refractivity contribution is -0.161. The molecule has 0 aromatic rings. The van der Waals surface area contributed by atoms with Gasteiger partial charge in [0.1, 0.15) is 6.61 Å². The molecule has 0 aromatic carbocycles. The van der Waals surface area contributed by atoms with Crippen LogP contribution in [0.1, 0.15) is 271 Å². The summed E-state index contributed by atoms with van der Waals surface area (Å²) >= 11 is 0. The summed E-state index contributed by atoms with van der Waals surface area (Å²) in [6.45, 7) is 4.13. The van der Waals surface area contributed by atoms with Gasteiger partial charge in [-0.3, -0.25) is 9.59 Å². The van der Waals surface area contributed by atoms with Crippen LogP contribution in [0.2, 0.25) is 0 Å². The predicted octanol–water partition coefficient (Wildman–Crippen LogP) is 17.9. The van der Waals surface area contributed by atoms with Crippen molar-refractivity contribution >= 4 is 11.9 Å². The van der Waals surface area contributed by atoms with Gasteiger partial charge in [-0.15, -0.1) is 0 Å². The molecule has 0 amide bonds. The number of aliphatic hydroxyl groups excluding tert-OH is 1. The van der Waals surface area contributed by atoms with E-state index in [2.05, 4.69) is 74.6 Å². The average Bonchev–Trinajstić information content (AvgIpc) is 3.28. The molecule has 0 aliphatic rings. The number of esters is 2. The Morgan fingerprint density at radius 2 is 0.645 bits per heavy atom. The lowest BCUT2D eigenvalue weighted by atomic mass is 10.0. The van der Waals surface area contributed by atoms with Crippen molar-refractivity contribution in [3.63, 3.8) is 0 Å². The molecular formula is C57H102O5. The van der Waals surface area contributed by atoms with Crippen LogP contribution >= 0.6 is 0 Å². The molecule has 1 N–H and O–H groups in total. The normalized spacial score (nSPS) is 12.6. The monoisotopic (exact) mass is 867 g/mol. The largest absolute Gasteiger partial charge is 0.462 e. The van der Waals surface area contributed by atoms with Crippen LogP contribution in [0.3, 0.4) is 0 Å². The smallest absolute Gasteiger partial charge is 0.306 e. The first kappa shape index (κ1) is 59.6. The molecule has 0 aliphatic heterocycles. The topological polar surface area (TPSA) is 72.8 Å². The molecule has 0 aromatic heterocycles. The van der Waals surface area contributed by atoms with E-state index in [-0.39, 0.29) is 25.2 Å². The third-order valence-electron chi connectivity index (χ3n) is 11.8. The molecule has 1 unspecified atom stereocenters. The highest BCUT2D eigenvalue weighted by atomic mass is 16.6. The fourth-order valence-electron chi connectivity index (χ4n) is 7.71. The molecular weight excluding hydrogens is 765 g/mol. The Bertz CT molecular complexity index is 1070. The maximum Gasteiger partial charge on any atom is 0.306 e. The minimum atomic E-state index is -0.778. The van der Waals surface area contributed by atoms with Crippen LogP contribution < -0.4 is 0 Å². The van der Waals surface area contributed by atoms with Gasteiger partial charge < -0.3 is 14.6 Å². The Morgan fingerprint density at radius 1 is 0.371 bits per heavy atom. The summed E-state index contributed by atoms with van der Waals surface area (Å²) in [5.74, 6) is -0.593. The average molecular weight is 867 g/mol. The van der Waals surface area contributed by atoms with Gasteiger partial charge >= 0.3 is 11.9 Å². The number of rotatable bonds is 49. The lowest BCUT2D eigenvalue weighted by Gasteiger charge is -2.15. The molecule has 0 saturated heterocycles. The Labute approximate surface area is 385 Å². The van der Waals surface area contributed by atoms with Gasteiger partial charge in [-0.25, -0.2) is 0 Å². The van der Waals surface area contributed by atoms with Gasteiger partial charge in [0.2, 0.25) is 0 Å². The number of hydrogen-bond donors (Lipinski definition) is 1. The summed E-state index contributed by atoms with van der Waals surface area (Å²) in [4.78, 5) is 24.5. The fourth-order valence-corrected chi connectivity index (χ4v) is 7.71. The second-order valence-electron chi connectivity index (χ2n) is 17.9. The van der Waals surface area contributed by atoms with E-state index in [1.807, 2.05) is 0 Å². The molecule has 0 heterocycles. The van der Waals surface area contributed by atoms with Crippen molar-refractivity contribution in [2.24, 2.45) is 0 Å². The third-order valence-corrected chi connectivity index (χ3v) is 11.8. The van der Waals surface area contributed by atoms with E-state index in [1.165, 1.54) is 186 Å². The molecule has 62 heavy (non-hydrogen) atoms. The SMILES string of the molecule is CCCCCCC/C=C\C/C=C\C/C=C\CCCCCCCCCCC(=O)OC(CO)COC(=O)CCCCCCCCCCCCCCC/C=C\C/C=C\CCCCCCC. The van der Waals surface area contributed by atoms with Crippen LogP contribution in [0.4, 0.5) is 0 Å². The molecule has 5 heteroatoms. The van der Waals surface area contributed by atoms with E-state index in [4.69, 9.17) is 9.47 Å². The summed E-state index contributed by atoms with van der Waals surface area (Å²) < 4.78 is 10.7. The van der Waals surface area contributed by atoms with Crippen molar-refractivity contribution in [2.45, 2.75) is 277 Å². The summed E-state index contributed by atoms with van der Waals surface area (Å²) in [6, 6.07) is 0. The predicted molar refractivity (Wildman–Crippen MR) is 270 cm³/mol. The number of hydrogen-bond acceptors (Lipinski definition) is 5. The van der Waals surface area contributed by atoms with Gasteiger partial charge in [0.15, 0.2) is 6.10 Å². The molecule has 0 spiro atoms. The summed E-state index contributed by atoms with van der Waals surface area (Å²) in [7, 11) is 0. The highest BCUT2D eigenvalue weighted by molar-refractivity contribution is 5.70. The third kappa shape index (κ3) is 50.2. The Hall–Kier alpha value is -2.40. The maximum atomic E-state index is 12.3. The minimum absolute atomic E-state index is 0.0695. The summed E-state index contributed by atoms with van der Waals surface area (Å²) in [5, 5.41) is 9.64. The highest BCUT2D eigenvalue weighted by Gasteiger charge is 2.16. The molecule has 360 valence electrons. The van der Waals surface area contributed by atoms with E-state index in [9.17, 15) is 14.7 Å². The van der Waals surface area contributed by atoms with E-state index in [1.54, 1.807) is 0 Å². The van der Waals surface area contributed by atoms with E-state index in [0.29, 0.717) is 12.8 Å². The second kappa shape index (κ2) is 52.9. The summed E-state index contributed by atoms with van der Waals surface area (Å²) in [5.41, 5.74) is 0. The van der Waals surface area contributed by atoms with Gasteiger partial charge in [0.25, 0.3) is 0 Å². The van der Waals surface area contributed by atoms with Crippen LogP contribution in [0, 0.1) is 0 Å². The first-order chi connectivity index (χ1) is 30.6. The minimum Gasteiger partial charge on any atom is -0.462 e. The fraction of sp³-hybridized carbons (Fsp3) is 0.789. The molecule has 5 nitrogen and oxygen atoms in total. The molecule has 0 fully saturated rings. The molecule has 0 saturated carbocycles. The van der Waals surface area contributed by atoms with Crippen LogP contribution in [0.25, 0.3) is 0 Å². The van der Waals surface area contributed by atoms with Crippen molar-refractivity contribution in [2.75, 3.05) is 13.2 Å².